The van der Waals surface area contributed by atoms with Gasteiger partial charge >= 0.3 is 0 Å². The summed E-state index contributed by atoms with van der Waals surface area (Å²) in [7, 11) is 1.93. The van der Waals surface area contributed by atoms with Crippen LogP contribution in [0.4, 0.5) is 0 Å². The Kier molecular flexibility index (Phi) is 3.40. The molecule has 0 aromatic heterocycles. The van der Waals surface area contributed by atoms with Crippen LogP contribution in [0.25, 0.3) is 0 Å². The predicted octanol–water partition coefficient (Wildman–Crippen LogP) is 1.96. The van der Waals surface area contributed by atoms with Crippen LogP contribution in [0.2, 0.25) is 0 Å². The van der Waals surface area contributed by atoms with Gasteiger partial charge < -0.3 is 5.32 Å². The molecule has 0 unspecified atom stereocenters. The second-order valence-electron chi connectivity index (χ2n) is 3.26. The van der Waals surface area contributed by atoms with Crippen LogP contribution in [0.1, 0.15) is 39.0 Å². The summed E-state index contributed by atoms with van der Waals surface area (Å²) in [5.74, 6) is 1.08. The fraction of sp³-hybridized carbons (Fsp3) is 0.889. The molecule has 1 aliphatic rings. The smallest absolute Gasteiger partial charge is 0.0932 e. The van der Waals surface area contributed by atoms with Gasteiger partial charge in [0.1, 0.15) is 0 Å². The van der Waals surface area contributed by atoms with Gasteiger partial charge in [-0.15, -0.1) is 0 Å². The van der Waals surface area contributed by atoms with E-state index < -0.39 is 0 Å². The Labute approximate surface area is 69.1 Å². The van der Waals surface area contributed by atoms with Gasteiger partial charge in [-0.1, -0.05) is 19.3 Å². The molecule has 11 heavy (non-hydrogen) atoms. The monoisotopic (exact) mass is 154 g/mol. The summed E-state index contributed by atoms with van der Waals surface area (Å²) in [4.78, 5) is 4.56. The van der Waals surface area contributed by atoms with Gasteiger partial charge in [0.15, 0.2) is 0 Å². The molecule has 2 heteroatoms. The van der Waals surface area contributed by atoms with E-state index in [1.807, 2.05) is 14.0 Å². The Morgan fingerprint density at radius 3 is 2.45 bits per heavy atom. The van der Waals surface area contributed by atoms with Crippen molar-refractivity contribution >= 4 is 5.84 Å². The Balaban J connectivity index is 2.34. The second kappa shape index (κ2) is 4.37. The highest BCUT2D eigenvalue weighted by molar-refractivity contribution is 5.79. The second-order valence-corrected chi connectivity index (χ2v) is 3.26. The number of hydrogen-bond donors (Lipinski definition) is 1. The Morgan fingerprint density at radius 2 is 1.91 bits per heavy atom. The third-order valence-electron chi connectivity index (χ3n) is 2.31. The van der Waals surface area contributed by atoms with E-state index in [9.17, 15) is 0 Å². The topological polar surface area (TPSA) is 24.4 Å². The summed E-state index contributed by atoms with van der Waals surface area (Å²) < 4.78 is 0. The minimum atomic E-state index is 0.608. The molecule has 64 valence electrons. The Bertz CT molecular complexity index is 134. The molecule has 0 saturated heterocycles. The highest BCUT2D eigenvalue weighted by Gasteiger charge is 2.11. The van der Waals surface area contributed by atoms with Gasteiger partial charge in [-0.05, 0) is 19.8 Å². The van der Waals surface area contributed by atoms with E-state index in [4.69, 9.17) is 0 Å². The van der Waals surface area contributed by atoms with Gasteiger partial charge in [0.05, 0.1) is 11.9 Å². The number of nitrogens with zero attached hydrogens (tertiary/aromatic N) is 1. The molecule has 1 fully saturated rings. The van der Waals surface area contributed by atoms with Gasteiger partial charge in [-0.2, -0.15) is 0 Å². The first-order valence-corrected chi connectivity index (χ1v) is 4.55. The van der Waals surface area contributed by atoms with Crippen LogP contribution in [-0.4, -0.2) is 18.9 Å². The summed E-state index contributed by atoms with van der Waals surface area (Å²) in [6, 6.07) is 0.608. The summed E-state index contributed by atoms with van der Waals surface area (Å²) >= 11 is 0. The minimum Gasteiger partial charge on any atom is -0.377 e. The third-order valence-corrected chi connectivity index (χ3v) is 2.31. The summed E-state index contributed by atoms with van der Waals surface area (Å²) in [6.07, 6.45) is 6.72. The molecule has 1 aliphatic carbocycles. The first kappa shape index (κ1) is 8.57. The molecule has 0 atom stereocenters. The van der Waals surface area contributed by atoms with Crippen LogP contribution < -0.4 is 5.32 Å². The van der Waals surface area contributed by atoms with Crippen LogP contribution in [0.5, 0.6) is 0 Å². The molecule has 1 N–H and O–H groups in total. The van der Waals surface area contributed by atoms with Crippen LogP contribution in [-0.2, 0) is 0 Å². The number of rotatable bonds is 1. The van der Waals surface area contributed by atoms with Gasteiger partial charge in [-0.3, -0.25) is 4.99 Å². The molecule has 0 radical (unpaired) electrons. The molecule has 0 spiro atoms. The molecule has 1 rings (SSSR count). The van der Waals surface area contributed by atoms with E-state index in [0.29, 0.717) is 6.04 Å². The van der Waals surface area contributed by atoms with Gasteiger partial charge in [0, 0.05) is 7.05 Å². The van der Waals surface area contributed by atoms with Crippen molar-refractivity contribution in [1.82, 2.24) is 5.32 Å². The van der Waals surface area contributed by atoms with Crippen LogP contribution in [0.15, 0.2) is 4.99 Å². The molecule has 0 bridgehead atoms. The van der Waals surface area contributed by atoms with E-state index >= 15 is 0 Å². The van der Waals surface area contributed by atoms with E-state index in [1.54, 1.807) is 0 Å². The first-order chi connectivity index (χ1) is 5.33. The third kappa shape index (κ3) is 2.91. The van der Waals surface area contributed by atoms with Crippen molar-refractivity contribution in [3.8, 4) is 0 Å². The maximum atomic E-state index is 4.56. The number of aliphatic imine (C=N–C) groups is 1. The predicted molar refractivity (Wildman–Crippen MR) is 49.0 cm³/mol. The highest BCUT2D eigenvalue weighted by atomic mass is 15.0. The zero-order valence-corrected chi connectivity index (χ0v) is 7.56. The molecule has 0 aromatic rings. The average Bonchev–Trinajstić information content (AvgIpc) is 2.06. The van der Waals surface area contributed by atoms with Crippen molar-refractivity contribution in [1.29, 1.82) is 0 Å². The van der Waals surface area contributed by atoms with Crippen molar-refractivity contribution in [3.05, 3.63) is 0 Å². The average molecular weight is 154 g/mol. The highest BCUT2D eigenvalue weighted by Crippen LogP contribution is 2.19. The number of nitrogens with one attached hydrogen (secondary N) is 1. The van der Waals surface area contributed by atoms with Crippen LogP contribution >= 0.6 is 0 Å². The Morgan fingerprint density at radius 1 is 1.27 bits per heavy atom. The summed E-state index contributed by atoms with van der Waals surface area (Å²) in [5, 5.41) is 3.06. The molecule has 2 nitrogen and oxygen atoms in total. The largest absolute Gasteiger partial charge is 0.377 e. The summed E-state index contributed by atoms with van der Waals surface area (Å²) in [5.41, 5.74) is 0. The quantitative estimate of drug-likeness (QED) is 0.453. The molecule has 0 aromatic carbocycles. The standard InChI is InChI=1S/C9H18N2/c1-8(10-2)11-9-6-4-3-5-7-9/h9H,3-7H2,1-2H3,(H,10,11). The van der Waals surface area contributed by atoms with Gasteiger partial charge in [0.2, 0.25) is 0 Å². The van der Waals surface area contributed by atoms with Crippen molar-refractivity contribution in [2.45, 2.75) is 45.1 Å². The zero-order valence-electron chi connectivity index (χ0n) is 7.56. The fourth-order valence-electron chi connectivity index (χ4n) is 1.55. The van der Waals surface area contributed by atoms with Gasteiger partial charge in [-0.25, -0.2) is 0 Å². The first-order valence-electron chi connectivity index (χ1n) is 4.55. The van der Waals surface area contributed by atoms with Crippen LogP contribution in [0.3, 0.4) is 0 Å². The minimum absolute atomic E-state index is 0.608. The zero-order chi connectivity index (χ0) is 8.10. The van der Waals surface area contributed by atoms with Gasteiger partial charge in [0.25, 0.3) is 0 Å². The lowest BCUT2D eigenvalue weighted by Crippen LogP contribution is -2.19. The number of amidine groups is 1. The van der Waals surface area contributed by atoms with Crippen molar-refractivity contribution in [2.75, 3.05) is 7.05 Å². The number of hydrogen-bond acceptors (Lipinski definition) is 1. The van der Waals surface area contributed by atoms with E-state index in [1.165, 1.54) is 32.1 Å². The fourth-order valence-corrected chi connectivity index (χ4v) is 1.55. The van der Waals surface area contributed by atoms with Crippen molar-refractivity contribution in [2.24, 2.45) is 4.99 Å². The molecule has 1 saturated carbocycles. The van der Waals surface area contributed by atoms with Crippen molar-refractivity contribution < 1.29 is 0 Å². The SMILES string of the molecule is CN/C(C)=N/C1CCCCC1. The maximum absolute atomic E-state index is 4.56. The summed E-state index contributed by atoms with van der Waals surface area (Å²) in [6.45, 7) is 2.04. The van der Waals surface area contributed by atoms with E-state index in [2.05, 4.69) is 10.3 Å². The van der Waals surface area contributed by atoms with Crippen LogP contribution in [0, 0.1) is 0 Å². The van der Waals surface area contributed by atoms with E-state index in [-0.39, 0.29) is 0 Å². The molecule has 0 aliphatic heterocycles. The molecular weight excluding hydrogens is 136 g/mol. The molecule has 0 amide bonds. The normalized spacial score (nSPS) is 21.8. The lowest BCUT2D eigenvalue weighted by atomic mass is 9.96. The lowest BCUT2D eigenvalue weighted by molar-refractivity contribution is 0.442. The molecule has 0 heterocycles. The Hall–Kier alpha value is -0.530. The molecular formula is C9H18N2. The maximum Gasteiger partial charge on any atom is 0.0932 e. The van der Waals surface area contributed by atoms with E-state index in [0.717, 1.165) is 5.84 Å². The lowest BCUT2D eigenvalue weighted by Gasteiger charge is -2.18. The van der Waals surface area contributed by atoms with Crippen molar-refractivity contribution in [3.63, 3.8) is 0 Å².